The van der Waals surface area contributed by atoms with Gasteiger partial charge in [0.25, 0.3) is 11.8 Å². The summed E-state index contributed by atoms with van der Waals surface area (Å²) in [5.41, 5.74) is 1.50. The molecular weight excluding hydrogens is 384 g/mol. The number of furan rings is 1. The van der Waals surface area contributed by atoms with Crippen molar-refractivity contribution in [2.24, 2.45) is 5.92 Å². The summed E-state index contributed by atoms with van der Waals surface area (Å²) in [6, 6.07) is 15.1. The molecule has 0 aliphatic rings. The van der Waals surface area contributed by atoms with Gasteiger partial charge in [0.05, 0.1) is 25.7 Å². The monoisotopic (exact) mass is 408 g/mol. The Hall–Kier alpha value is -3.74. The van der Waals surface area contributed by atoms with Gasteiger partial charge < -0.3 is 24.5 Å². The Morgan fingerprint density at radius 1 is 1.00 bits per heavy atom. The van der Waals surface area contributed by atoms with Gasteiger partial charge in [-0.05, 0) is 54.4 Å². The third-order valence-corrected chi connectivity index (χ3v) is 4.15. The number of rotatable bonds is 8. The maximum absolute atomic E-state index is 12.5. The predicted octanol–water partition coefficient (Wildman–Crippen LogP) is 4.83. The van der Waals surface area contributed by atoms with Gasteiger partial charge in [-0.2, -0.15) is 0 Å². The van der Waals surface area contributed by atoms with Crippen molar-refractivity contribution in [2.45, 2.75) is 13.8 Å². The topological polar surface area (TPSA) is 89.8 Å². The molecule has 1 aromatic heterocycles. The first-order valence-corrected chi connectivity index (χ1v) is 9.53. The summed E-state index contributed by atoms with van der Waals surface area (Å²) in [5.74, 6) is 1.09. The van der Waals surface area contributed by atoms with Crippen LogP contribution in [0.1, 0.15) is 34.8 Å². The largest absolute Gasteiger partial charge is 0.494 e. The van der Waals surface area contributed by atoms with E-state index >= 15 is 0 Å². The van der Waals surface area contributed by atoms with E-state index in [4.69, 9.17) is 13.9 Å². The van der Waals surface area contributed by atoms with Crippen LogP contribution in [0.25, 0.3) is 0 Å². The highest BCUT2D eigenvalue weighted by molar-refractivity contribution is 6.05. The van der Waals surface area contributed by atoms with E-state index in [9.17, 15) is 9.59 Å². The number of nitrogens with one attached hydrogen (secondary N) is 2. The second-order valence-corrected chi connectivity index (χ2v) is 7.03. The maximum Gasteiger partial charge on any atom is 0.291 e. The number of carbonyl (C=O) groups is 2. The van der Waals surface area contributed by atoms with Crippen molar-refractivity contribution in [3.8, 4) is 11.5 Å². The molecule has 7 nitrogen and oxygen atoms in total. The first-order chi connectivity index (χ1) is 14.5. The van der Waals surface area contributed by atoms with Crippen LogP contribution in [0.5, 0.6) is 11.5 Å². The summed E-state index contributed by atoms with van der Waals surface area (Å²) < 4.78 is 16.1. The summed E-state index contributed by atoms with van der Waals surface area (Å²) in [6.07, 6.45) is 1.42. The number of benzene rings is 2. The molecule has 0 saturated heterocycles. The molecule has 0 aliphatic carbocycles. The number of ether oxygens (including phenoxy) is 2. The first-order valence-electron chi connectivity index (χ1n) is 9.53. The maximum atomic E-state index is 12.5. The Kier molecular flexibility index (Phi) is 6.75. The molecule has 156 valence electrons. The van der Waals surface area contributed by atoms with Gasteiger partial charge >= 0.3 is 0 Å². The van der Waals surface area contributed by atoms with Gasteiger partial charge in [0.2, 0.25) is 0 Å². The minimum Gasteiger partial charge on any atom is -0.494 e. The average Bonchev–Trinajstić information content (AvgIpc) is 3.28. The lowest BCUT2D eigenvalue weighted by molar-refractivity contribution is 0.0994. The highest BCUT2D eigenvalue weighted by atomic mass is 16.5. The van der Waals surface area contributed by atoms with Gasteiger partial charge in [-0.1, -0.05) is 13.8 Å². The SMILES string of the molecule is COc1cc(NC(=O)c2ccc(OCC(C)C)cc2)ccc1NC(=O)c1ccco1. The van der Waals surface area contributed by atoms with Crippen molar-refractivity contribution >= 4 is 23.2 Å². The molecule has 0 radical (unpaired) electrons. The molecule has 0 unspecified atom stereocenters. The number of carbonyl (C=O) groups excluding carboxylic acids is 2. The van der Waals surface area contributed by atoms with Gasteiger partial charge in [0.15, 0.2) is 5.76 Å². The molecule has 1 heterocycles. The van der Waals surface area contributed by atoms with Crippen LogP contribution in [0, 0.1) is 5.92 Å². The van der Waals surface area contributed by atoms with Crippen molar-refractivity contribution in [3.63, 3.8) is 0 Å². The first kappa shape index (κ1) is 21.0. The van der Waals surface area contributed by atoms with Crippen molar-refractivity contribution in [1.82, 2.24) is 0 Å². The van der Waals surface area contributed by atoms with E-state index in [1.807, 2.05) is 0 Å². The number of anilines is 2. The fraction of sp³-hybridized carbons (Fsp3) is 0.217. The van der Waals surface area contributed by atoms with Gasteiger partial charge in [-0.25, -0.2) is 0 Å². The Morgan fingerprint density at radius 3 is 2.40 bits per heavy atom. The summed E-state index contributed by atoms with van der Waals surface area (Å²) in [5, 5.41) is 5.54. The Bertz CT molecular complexity index is 995. The van der Waals surface area contributed by atoms with E-state index in [2.05, 4.69) is 24.5 Å². The van der Waals surface area contributed by atoms with Crippen LogP contribution in [0.4, 0.5) is 11.4 Å². The van der Waals surface area contributed by atoms with Crippen LogP contribution in [-0.4, -0.2) is 25.5 Å². The summed E-state index contributed by atoms with van der Waals surface area (Å²) in [4.78, 5) is 24.7. The molecule has 0 bridgehead atoms. The number of methoxy groups -OCH3 is 1. The molecule has 2 amide bonds. The van der Waals surface area contributed by atoms with Crippen LogP contribution in [0.3, 0.4) is 0 Å². The normalized spacial score (nSPS) is 10.5. The lowest BCUT2D eigenvalue weighted by Gasteiger charge is -2.12. The predicted molar refractivity (Wildman–Crippen MR) is 114 cm³/mol. The zero-order chi connectivity index (χ0) is 21.5. The quantitative estimate of drug-likeness (QED) is 0.557. The average molecular weight is 408 g/mol. The standard InChI is InChI=1S/C23H24N2O5/c1-15(2)14-30-18-9-6-16(7-10-18)22(26)24-17-8-11-19(21(13-17)28-3)25-23(27)20-5-4-12-29-20/h4-13,15H,14H2,1-3H3,(H,24,26)(H,25,27). The molecule has 7 heteroatoms. The van der Waals surface area contributed by atoms with E-state index in [0.717, 1.165) is 5.75 Å². The Labute approximate surface area is 175 Å². The third-order valence-electron chi connectivity index (χ3n) is 4.15. The van der Waals surface area contributed by atoms with Crippen molar-refractivity contribution < 1.29 is 23.5 Å². The van der Waals surface area contributed by atoms with Crippen LogP contribution >= 0.6 is 0 Å². The van der Waals surface area contributed by atoms with E-state index in [1.165, 1.54) is 13.4 Å². The van der Waals surface area contributed by atoms with Crippen LogP contribution in [0.15, 0.2) is 65.3 Å². The molecule has 3 rings (SSSR count). The molecule has 2 N–H and O–H groups in total. The van der Waals surface area contributed by atoms with Crippen molar-refractivity contribution in [3.05, 3.63) is 72.2 Å². The molecule has 0 spiro atoms. The zero-order valence-electron chi connectivity index (χ0n) is 17.1. The van der Waals surface area contributed by atoms with E-state index in [-0.39, 0.29) is 11.7 Å². The van der Waals surface area contributed by atoms with E-state index < -0.39 is 5.91 Å². The number of hydrogen-bond donors (Lipinski definition) is 2. The summed E-state index contributed by atoms with van der Waals surface area (Å²) >= 11 is 0. The molecule has 0 saturated carbocycles. The van der Waals surface area contributed by atoms with Crippen LogP contribution in [0.2, 0.25) is 0 Å². The van der Waals surface area contributed by atoms with E-state index in [1.54, 1.807) is 54.6 Å². The van der Waals surface area contributed by atoms with Crippen molar-refractivity contribution in [2.75, 3.05) is 24.4 Å². The lowest BCUT2D eigenvalue weighted by Crippen LogP contribution is -2.14. The van der Waals surface area contributed by atoms with Gasteiger partial charge in [-0.3, -0.25) is 9.59 Å². The third kappa shape index (κ3) is 5.41. The molecule has 30 heavy (non-hydrogen) atoms. The molecule has 0 aliphatic heterocycles. The Balaban J connectivity index is 1.66. The molecule has 2 aromatic carbocycles. The summed E-state index contributed by atoms with van der Waals surface area (Å²) in [7, 11) is 1.49. The summed E-state index contributed by atoms with van der Waals surface area (Å²) in [6.45, 7) is 4.77. The second-order valence-electron chi connectivity index (χ2n) is 7.03. The molecular formula is C23H24N2O5. The smallest absolute Gasteiger partial charge is 0.291 e. The van der Waals surface area contributed by atoms with Crippen LogP contribution in [-0.2, 0) is 0 Å². The minimum atomic E-state index is -0.394. The number of amides is 2. The fourth-order valence-corrected chi connectivity index (χ4v) is 2.63. The molecule has 0 atom stereocenters. The van der Waals surface area contributed by atoms with Crippen LogP contribution < -0.4 is 20.1 Å². The van der Waals surface area contributed by atoms with E-state index in [0.29, 0.717) is 35.2 Å². The number of hydrogen-bond acceptors (Lipinski definition) is 5. The minimum absolute atomic E-state index is 0.190. The van der Waals surface area contributed by atoms with Crippen molar-refractivity contribution in [1.29, 1.82) is 0 Å². The highest BCUT2D eigenvalue weighted by Gasteiger charge is 2.14. The zero-order valence-corrected chi connectivity index (χ0v) is 17.1. The molecule has 0 fully saturated rings. The van der Waals surface area contributed by atoms with Gasteiger partial charge in [0, 0.05) is 17.3 Å². The molecule has 3 aromatic rings. The second kappa shape index (κ2) is 9.65. The fourth-order valence-electron chi connectivity index (χ4n) is 2.63. The highest BCUT2D eigenvalue weighted by Crippen LogP contribution is 2.29. The Morgan fingerprint density at radius 2 is 1.77 bits per heavy atom. The van der Waals surface area contributed by atoms with Gasteiger partial charge in [-0.15, -0.1) is 0 Å². The lowest BCUT2D eigenvalue weighted by atomic mass is 10.2. The van der Waals surface area contributed by atoms with Gasteiger partial charge in [0.1, 0.15) is 11.5 Å².